The zero-order valence-corrected chi connectivity index (χ0v) is 17.1. The molecule has 0 aromatic carbocycles. The van der Waals surface area contributed by atoms with Crippen LogP contribution < -0.4 is 5.32 Å². The van der Waals surface area contributed by atoms with Gasteiger partial charge in [0.05, 0.1) is 19.0 Å². The molecule has 0 bridgehead atoms. The van der Waals surface area contributed by atoms with Crippen LogP contribution >= 0.6 is 0 Å². The molecule has 2 aliphatic carbocycles. The molecule has 1 saturated heterocycles. The molecule has 2 amide bonds. The molecule has 3 fully saturated rings. The second kappa shape index (κ2) is 10.00. The van der Waals surface area contributed by atoms with E-state index in [2.05, 4.69) is 5.32 Å². The van der Waals surface area contributed by atoms with Gasteiger partial charge in [-0.05, 0) is 37.5 Å². The minimum Gasteiger partial charge on any atom is -0.371 e. The van der Waals surface area contributed by atoms with Crippen LogP contribution in [0.15, 0.2) is 0 Å². The van der Waals surface area contributed by atoms with Crippen LogP contribution in [-0.4, -0.2) is 94.3 Å². The van der Waals surface area contributed by atoms with E-state index in [9.17, 15) is 18.0 Å². The number of piperazine rings is 1. The molecule has 0 spiro atoms. The molecule has 1 aliphatic heterocycles. The van der Waals surface area contributed by atoms with Crippen LogP contribution in [0.4, 0.5) is 0 Å². The van der Waals surface area contributed by atoms with Gasteiger partial charge in [-0.25, -0.2) is 8.42 Å². The van der Waals surface area contributed by atoms with E-state index in [1.165, 1.54) is 17.1 Å². The van der Waals surface area contributed by atoms with Gasteiger partial charge in [-0.3, -0.25) is 9.59 Å². The number of sulfonamides is 1. The Bertz CT molecular complexity index is 640. The van der Waals surface area contributed by atoms with E-state index < -0.39 is 10.0 Å². The second-order valence-electron chi connectivity index (χ2n) is 7.86. The van der Waals surface area contributed by atoms with E-state index in [0.29, 0.717) is 38.1 Å². The molecule has 0 atom stereocenters. The Kier molecular flexibility index (Phi) is 7.67. The smallest absolute Gasteiger partial charge is 0.248 e. The van der Waals surface area contributed by atoms with Crippen molar-refractivity contribution in [2.24, 2.45) is 11.8 Å². The van der Waals surface area contributed by atoms with Crippen molar-refractivity contribution < 1.29 is 27.5 Å². The van der Waals surface area contributed by atoms with Gasteiger partial charge >= 0.3 is 0 Å². The Balaban J connectivity index is 1.28. The normalized spacial score (nSPS) is 20.9. The zero-order chi connectivity index (χ0) is 20.0. The third kappa shape index (κ3) is 7.31. The van der Waals surface area contributed by atoms with Crippen molar-refractivity contribution in [2.45, 2.75) is 25.7 Å². The Labute approximate surface area is 166 Å². The number of carbonyl (C=O) groups is 2. The Morgan fingerprint density at radius 2 is 1.46 bits per heavy atom. The van der Waals surface area contributed by atoms with Crippen molar-refractivity contribution in [1.82, 2.24) is 14.5 Å². The summed E-state index contributed by atoms with van der Waals surface area (Å²) >= 11 is 0. The number of nitrogens with zero attached hydrogens (tertiary/aromatic N) is 2. The molecule has 3 rings (SSSR count). The zero-order valence-electron chi connectivity index (χ0n) is 16.3. The van der Waals surface area contributed by atoms with Gasteiger partial charge in [0.1, 0.15) is 13.2 Å². The van der Waals surface area contributed by atoms with Crippen LogP contribution in [0.2, 0.25) is 0 Å². The monoisotopic (exact) mass is 417 g/mol. The predicted octanol–water partition coefficient (Wildman–Crippen LogP) is -0.570. The maximum atomic E-state index is 12.4. The standard InChI is InChI=1S/C18H31N3O6S/c22-17(13-26-11-15-1-2-15)19-5-10-28(24,25)21-8-6-20(7-9-21)18(23)14-27-12-16-3-4-16/h15-16H,1-14H2,(H,19,22). The number of rotatable bonds is 12. The lowest BCUT2D eigenvalue weighted by molar-refractivity contribution is -0.137. The lowest BCUT2D eigenvalue weighted by Gasteiger charge is -2.34. The van der Waals surface area contributed by atoms with E-state index >= 15 is 0 Å². The molecule has 2 saturated carbocycles. The Morgan fingerprint density at radius 1 is 0.893 bits per heavy atom. The topological polar surface area (TPSA) is 105 Å². The van der Waals surface area contributed by atoms with Crippen LogP contribution in [0.25, 0.3) is 0 Å². The number of hydrogen-bond acceptors (Lipinski definition) is 6. The van der Waals surface area contributed by atoms with Gasteiger partial charge in [0.15, 0.2) is 0 Å². The molecule has 28 heavy (non-hydrogen) atoms. The summed E-state index contributed by atoms with van der Waals surface area (Å²) < 4.78 is 36.9. The van der Waals surface area contributed by atoms with E-state index in [-0.39, 0.29) is 50.4 Å². The summed E-state index contributed by atoms with van der Waals surface area (Å²) in [7, 11) is -3.46. The lowest BCUT2D eigenvalue weighted by atomic mass is 10.3. The number of amides is 2. The average molecular weight is 418 g/mol. The maximum absolute atomic E-state index is 12.4. The SMILES string of the molecule is O=C(COCC1CC1)NCCS(=O)(=O)N1CCN(C(=O)COCC2CC2)CC1. The second-order valence-corrected chi connectivity index (χ2v) is 9.95. The van der Waals surface area contributed by atoms with Gasteiger partial charge in [0.2, 0.25) is 21.8 Å². The molecule has 1 N–H and O–H groups in total. The van der Waals surface area contributed by atoms with Crippen molar-refractivity contribution >= 4 is 21.8 Å². The average Bonchev–Trinajstić information content (AvgIpc) is 3.57. The maximum Gasteiger partial charge on any atom is 0.248 e. The fraction of sp³-hybridized carbons (Fsp3) is 0.889. The molecular formula is C18H31N3O6S. The first-order valence-electron chi connectivity index (χ1n) is 10.1. The quantitative estimate of drug-likeness (QED) is 0.456. The summed E-state index contributed by atoms with van der Waals surface area (Å²) in [5.74, 6) is 0.664. The van der Waals surface area contributed by atoms with E-state index in [4.69, 9.17) is 9.47 Å². The van der Waals surface area contributed by atoms with Gasteiger partial charge in [-0.15, -0.1) is 0 Å². The molecule has 3 aliphatic rings. The van der Waals surface area contributed by atoms with Crippen molar-refractivity contribution in [3.63, 3.8) is 0 Å². The molecule has 10 heteroatoms. The van der Waals surface area contributed by atoms with Crippen molar-refractivity contribution in [3.05, 3.63) is 0 Å². The first-order chi connectivity index (χ1) is 13.4. The summed E-state index contributed by atoms with van der Waals surface area (Å²) in [6.45, 7) is 2.61. The van der Waals surface area contributed by atoms with Gasteiger partial charge in [-0.2, -0.15) is 4.31 Å². The summed E-state index contributed by atoms with van der Waals surface area (Å²) in [6.07, 6.45) is 4.68. The number of nitrogens with one attached hydrogen (secondary N) is 1. The molecular weight excluding hydrogens is 386 g/mol. The summed E-state index contributed by atoms with van der Waals surface area (Å²) in [5, 5.41) is 2.59. The first-order valence-corrected chi connectivity index (χ1v) is 11.7. The fourth-order valence-corrected chi connectivity index (χ4v) is 4.34. The third-order valence-electron chi connectivity index (χ3n) is 5.23. The van der Waals surface area contributed by atoms with Crippen LogP contribution in [-0.2, 0) is 29.1 Å². The van der Waals surface area contributed by atoms with Crippen LogP contribution in [0.3, 0.4) is 0 Å². The largest absolute Gasteiger partial charge is 0.371 e. The van der Waals surface area contributed by atoms with Gasteiger partial charge in [0, 0.05) is 32.7 Å². The first kappa shape index (κ1) is 21.5. The molecule has 0 unspecified atom stereocenters. The molecule has 0 aromatic rings. The predicted molar refractivity (Wildman–Crippen MR) is 102 cm³/mol. The number of carbonyl (C=O) groups excluding carboxylic acids is 2. The Morgan fingerprint density at radius 3 is 2.04 bits per heavy atom. The summed E-state index contributed by atoms with van der Waals surface area (Å²) in [5.41, 5.74) is 0. The molecule has 160 valence electrons. The minimum absolute atomic E-state index is 0.0276. The summed E-state index contributed by atoms with van der Waals surface area (Å²) in [4.78, 5) is 25.4. The number of ether oxygens (including phenoxy) is 2. The third-order valence-corrected chi connectivity index (χ3v) is 7.10. The van der Waals surface area contributed by atoms with Crippen LogP contribution in [0, 0.1) is 11.8 Å². The van der Waals surface area contributed by atoms with Crippen molar-refractivity contribution in [1.29, 1.82) is 0 Å². The van der Waals surface area contributed by atoms with Gasteiger partial charge < -0.3 is 19.7 Å². The highest BCUT2D eigenvalue weighted by Gasteiger charge is 2.29. The van der Waals surface area contributed by atoms with E-state index in [1.807, 2.05) is 0 Å². The molecule has 0 aromatic heterocycles. The number of hydrogen-bond donors (Lipinski definition) is 1. The van der Waals surface area contributed by atoms with E-state index in [0.717, 1.165) is 12.8 Å². The fourth-order valence-electron chi connectivity index (χ4n) is 3.01. The Hall–Kier alpha value is -1.23. The molecule has 0 radical (unpaired) electrons. The lowest BCUT2D eigenvalue weighted by Crippen LogP contribution is -2.52. The molecule has 9 nitrogen and oxygen atoms in total. The highest BCUT2D eigenvalue weighted by molar-refractivity contribution is 7.89. The van der Waals surface area contributed by atoms with Crippen molar-refractivity contribution in [3.8, 4) is 0 Å². The van der Waals surface area contributed by atoms with Gasteiger partial charge in [-0.1, -0.05) is 0 Å². The minimum atomic E-state index is -3.46. The van der Waals surface area contributed by atoms with Crippen LogP contribution in [0.5, 0.6) is 0 Å². The summed E-state index contributed by atoms with van der Waals surface area (Å²) in [6, 6.07) is 0. The van der Waals surface area contributed by atoms with Crippen LogP contribution in [0.1, 0.15) is 25.7 Å². The van der Waals surface area contributed by atoms with Gasteiger partial charge in [0.25, 0.3) is 0 Å². The van der Waals surface area contributed by atoms with Crippen molar-refractivity contribution in [2.75, 3.05) is 64.9 Å². The highest BCUT2D eigenvalue weighted by atomic mass is 32.2. The van der Waals surface area contributed by atoms with E-state index in [1.54, 1.807) is 4.90 Å². The molecule has 1 heterocycles. The highest BCUT2D eigenvalue weighted by Crippen LogP contribution is 2.29.